The fourth-order valence-electron chi connectivity index (χ4n) is 3.71. The van der Waals surface area contributed by atoms with Crippen molar-refractivity contribution < 1.29 is 13.7 Å². The molecule has 0 radical (unpaired) electrons. The van der Waals surface area contributed by atoms with Gasteiger partial charge in [-0.15, -0.1) is 0 Å². The Balaban J connectivity index is 1.71. The number of rotatable bonds is 3. The SMILES string of the molecule is Fc1ccc(C2(c3nc([C@@H]4CCOC4)no3)CCCC2)cc1. The molecule has 2 fully saturated rings. The summed E-state index contributed by atoms with van der Waals surface area (Å²) in [7, 11) is 0. The van der Waals surface area contributed by atoms with E-state index in [1.807, 2.05) is 12.1 Å². The molecule has 0 N–H and O–H groups in total. The van der Waals surface area contributed by atoms with E-state index in [4.69, 9.17) is 14.2 Å². The number of aromatic nitrogens is 2. The van der Waals surface area contributed by atoms with Gasteiger partial charge in [-0.1, -0.05) is 30.1 Å². The molecule has 2 aromatic rings. The Labute approximate surface area is 128 Å². The maximum atomic E-state index is 13.2. The summed E-state index contributed by atoms with van der Waals surface area (Å²) in [6.45, 7) is 1.43. The summed E-state index contributed by atoms with van der Waals surface area (Å²) in [5, 5.41) is 4.19. The zero-order chi connectivity index (χ0) is 15.0. The van der Waals surface area contributed by atoms with E-state index in [0.29, 0.717) is 12.5 Å². The lowest BCUT2D eigenvalue weighted by molar-refractivity contribution is 0.192. The average molecular weight is 302 g/mol. The van der Waals surface area contributed by atoms with Crippen LogP contribution in [0.25, 0.3) is 0 Å². The lowest BCUT2D eigenvalue weighted by atomic mass is 9.78. The van der Waals surface area contributed by atoms with Crippen molar-refractivity contribution >= 4 is 0 Å². The lowest BCUT2D eigenvalue weighted by Crippen LogP contribution is -2.24. The fraction of sp³-hybridized carbons (Fsp3) is 0.529. The molecule has 1 aromatic carbocycles. The van der Waals surface area contributed by atoms with E-state index in [2.05, 4.69) is 5.16 Å². The first-order valence-electron chi connectivity index (χ1n) is 7.96. The van der Waals surface area contributed by atoms with Gasteiger partial charge in [-0.05, 0) is 37.0 Å². The first-order chi connectivity index (χ1) is 10.8. The summed E-state index contributed by atoms with van der Waals surface area (Å²) in [4.78, 5) is 4.69. The smallest absolute Gasteiger partial charge is 0.237 e. The van der Waals surface area contributed by atoms with Gasteiger partial charge >= 0.3 is 0 Å². The minimum atomic E-state index is -0.252. The van der Waals surface area contributed by atoms with Crippen LogP contribution in [-0.4, -0.2) is 23.4 Å². The molecule has 0 bridgehead atoms. The number of hydrogen-bond acceptors (Lipinski definition) is 4. The van der Waals surface area contributed by atoms with E-state index in [-0.39, 0.29) is 17.2 Å². The van der Waals surface area contributed by atoms with Crippen molar-refractivity contribution in [3.8, 4) is 0 Å². The van der Waals surface area contributed by atoms with Crippen LogP contribution < -0.4 is 0 Å². The number of halogens is 1. The summed E-state index contributed by atoms with van der Waals surface area (Å²) in [5.74, 6) is 1.45. The Kier molecular flexibility index (Phi) is 3.45. The molecule has 5 heteroatoms. The van der Waals surface area contributed by atoms with Crippen LogP contribution in [0.15, 0.2) is 28.8 Å². The van der Waals surface area contributed by atoms with E-state index < -0.39 is 0 Å². The normalized spacial score (nSPS) is 24.0. The molecule has 1 aliphatic carbocycles. The number of ether oxygens (including phenoxy) is 1. The Bertz CT molecular complexity index is 641. The van der Waals surface area contributed by atoms with Crippen LogP contribution in [0.3, 0.4) is 0 Å². The summed E-state index contributed by atoms with van der Waals surface area (Å²) < 4.78 is 24.3. The Hall–Kier alpha value is -1.75. The molecular formula is C17H19FN2O2. The lowest BCUT2D eigenvalue weighted by Gasteiger charge is -2.25. The summed E-state index contributed by atoms with van der Waals surface area (Å²) >= 11 is 0. The van der Waals surface area contributed by atoms with Crippen LogP contribution in [0.1, 0.15) is 55.3 Å². The molecule has 4 rings (SSSR count). The predicted octanol–water partition coefficient (Wildman–Crippen LogP) is 3.57. The molecule has 1 atom stereocenters. The number of benzene rings is 1. The molecule has 0 spiro atoms. The monoisotopic (exact) mass is 302 g/mol. The molecule has 22 heavy (non-hydrogen) atoms. The highest BCUT2D eigenvalue weighted by molar-refractivity contribution is 5.33. The van der Waals surface area contributed by atoms with Gasteiger partial charge in [-0.2, -0.15) is 4.98 Å². The standard InChI is InChI=1S/C17H19FN2O2/c18-14-5-3-13(4-6-14)17(8-1-2-9-17)16-19-15(20-22-16)12-7-10-21-11-12/h3-6,12H,1-2,7-11H2/t12-/m1/s1. The topological polar surface area (TPSA) is 48.2 Å². The van der Waals surface area contributed by atoms with Crippen molar-refractivity contribution in [1.82, 2.24) is 10.1 Å². The molecular weight excluding hydrogens is 283 g/mol. The molecule has 116 valence electrons. The van der Waals surface area contributed by atoms with Crippen molar-refractivity contribution in [2.45, 2.75) is 43.4 Å². The van der Waals surface area contributed by atoms with E-state index in [1.54, 1.807) is 0 Å². The highest BCUT2D eigenvalue weighted by Crippen LogP contribution is 2.46. The zero-order valence-electron chi connectivity index (χ0n) is 12.4. The summed E-state index contributed by atoms with van der Waals surface area (Å²) in [6.07, 6.45) is 5.15. The third-order valence-electron chi connectivity index (χ3n) is 5.00. The molecule has 2 aliphatic rings. The summed E-state index contributed by atoms with van der Waals surface area (Å²) in [5.41, 5.74) is 0.822. The number of nitrogens with zero attached hydrogens (tertiary/aromatic N) is 2. The third kappa shape index (κ3) is 2.24. The van der Waals surface area contributed by atoms with Gasteiger partial charge in [0.1, 0.15) is 5.82 Å². The highest BCUT2D eigenvalue weighted by Gasteiger charge is 2.43. The first kappa shape index (κ1) is 13.9. The van der Waals surface area contributed by atoms with Crippen LogP contribution in [0.4, 0.5) is 4.39 Å². The van der Waals surface area contributed by atoms with E-state index >= 15 is 0 Å². The van der Waals surface area contributed by atoms with Crippen LogP contribution in [0, 0.1) is 5.82 Å². The van der Waals surface area contributed by atoms with Gasteiger partial charge in [0.2, 0.25) is 5.89 Å². The second-order valence-electron chi connectivity index (χ2n) is 6.31. The van der Waals surface area contributed by atoms with Crippen LogP contribution in [0.2, 0.25) is 0 Å². The van der Waals surface area contributed by atoms with Gasteiger partial charge in [-0.3, -0.25) is 0 Å². The third-order valence-corrected chi connectivity index (χ3v) is 5.00. The van der Waals surface area contributed by atoms with E-state index in [9.17, 15) is 4.39 Å². The second-order valence-corrected chi connectivity index (χ2v) is 6.31. The molecule has 1 saturated heterocycles. The van der Waals surface area contributed by atoms with Crippen molar-refractivity contribution in [3.05, 3.63) is 47.4 Å². The fourth-order valence-corrected chi connectivity index (χ4v) is 3.71. The maximum absolute atomic E-state index is 13.2. The zero-order valence-corrected chi connectivity index (χ0v) is 12.4. The van der Waals surface area contributed by atoms with Crippen molar-refractivity contribution in [1.29, 1.82) is 0 Å². The van der Waals surface area contributed by atoms with E-state index in [1.165, 1.54) is 12.1 Å². The van der Waals surface area contributed by atoms with Gasteiger partial charge in [0, 0.05) is 12.5 Å². The van der Waals surface area contributed by atoms with Gasteiger partial charge in [0.25, 0.3) is 0 Å². The Morgan fingerprint density at radius 2 is 1.91 bits per heavy atom. The molecule has 0 amide bonds. The van der Waals surface area contributed by atoms with Gasteiger partial charge in [-0.25, -0.2) is 4.39 Å². The van der Waals surface area contributed by atoms with Crippen LogP contribution >= 0.6 is 0 Å². The Morgan fingerprint density at radius 3 is 2.59 bits per heavy atom. The van der Waals surface area contributed by atoms with Crippen molar-refractivity contribution in [3.63, 3.8) is 0 Å². The van der Waals surface area contributed by atoms with Crippen LogP contribution in [0.5, 0.6) is 0 Å². The predicted molar refractivity (Wildman–Crippen MR) is 78.1 cm³/mol. The summed E-state index contributed by atoms with van der Waals surface area (Å²) in [6, 6.07) is 6.72. The average Bonchev–Trinajstić information content (AvgIpc) is 3.28. The molecule has 1 saturated carbocycles. The first-order valence-corrected chi connectivity index (χ1v) is 7.96. The number of hydrogen-bond donors (Lipinski definition) is 0. The highest BCUT2D eigenvalue weighted by atomic mass is 19.1. The van der Waals surface area contributed by atoms with Gasteiger partial charge in [0.15, 0.2) is 5.82 Å². The largest absolute Gasteiger partial charge is 0.381 e. The molecule has 4 nitrogen and oxygen atoms in total. The van der Waals surface area contributed by atoms with Crippen LogP contribution in [-0.2, 0) is 10.2 Å². The maximum Gasteiger partial charge on any atom is 0.237 e. The minimum Gasteiger partial charge on any atom is -0.381 e. The minimum absolute atomic E-state index is 0.216. The van der Waals surface area contributed by atoms with Crippen molar-refractivity contribution in [2.75, 3.05) is 13.2 Å². The van der Waals surface area contributed by atoms with Gasteiger partial charge < -0.3 is 9.26 Å². The second kappa shape index (κ2) is 5.47. The quantitative estimate of drug-likeness (QED) is 0.869. The van der Waals surface area contributed by atoms with E-state index in [0.717, 1.165) is 50.1 Å². The van der Waals surface area contributed by atoms with Gasteiger partial charge in [0.05, 0.1) is 12.0 Å². The molecule has 0 unspecified atom stereocenters. The molecule has 1 aliphatic heterocycles. The molecule has 2 heterocycles. The van der Waals surface area contributed by atoms with Crippen molar-refractivity contribution in [2.24, 2.45) is 0 Å². The Morgan fingerprint density at radius 1 is 1.14 bits per heavy atom. The molecule has 1 aromatic heterocycles.